The summed E-state index contributed by atoms with van der Waals surface area (Å²) in [5.74, 6) is -1.46. The zero-order chi connectivity index (χ0) is 14.7. The predicted octanol–water partition coefficient (Wildman–Crippen LogP) is 1.87. The summed E-state index contributed by atoms with van der Waals surface area (Å²) in [5, 5.41) is 14.8. The normalized spacial score (nSPS) is 24.3. The Kier molecular flexibility index (Phi) is 5.98. The van der Waals surface area contributed by atoms with E-state index < -0.39 is 11.9 Å². The van der Waals surface area contributed by atoms with Crippen LogP contribution >= 0.6 is 0 Å². The summed E-state index contributed by atoms with van der Waals surface area (Å²) in [6, 6.07) is 20.3. The van der Waals surface area contributed by atoms with Gasteiger partial charge in [0.15, 0.2) is 0 Å². The molecular weight excluding hydrogens is 370 g/mol. The maximum absolute atomic E-state index is 11.4. The van der Waals surface area contributed by atoms with Gasteiger partial charge in [0.1, 0.15) is 0 Å². The fourth-order valence-corrected chi connectivity index (χ4v) is 3.17. The van der Waals surface area contributed by atoms with Crippen molar-refractivity contribution < 1.29 is 32.3 Å². The summed E-state index contributed by atoms with van der Waals surface area (Å²) in [7, 11) is 0. The number of nitrogens with one attached hydrogen (secondary N) is 1. The number of carboxylic acid groups (broad SMARTS) is 1. The van der Waals surface area contributed by atoms with Crippen LogP contribution in [0.4, 0.5) is 0 Å². The zero-order valence-corrected chi connectivity index (χ0v) is 13.5. The number of hydrogen-bond acceptors (Lipinski definition) is 3. The Bertz CT molecular complexity index is 603. The van der Waals surface area contributed by atoms with E-state index >= 15 is 0 Å². The molecule has 119 valence electrons. The maximum atomic E-state index is 11.4. The minimum absolute atomic E-state index is 0. The molecule has 1 aliphatic rings. The fourth-order valence-electron chi connectivity index (χ4n) is 3.17. The maximum Gasteiger partial charge on any atom is 0.0464 e. The van der Waals surface area contributed by atoms with Crippen molar-refractivity contribution in [1.82, 2.24) is 5.32 Å². The third-order valence-electron chi connectivity index (χ3n) is 4.29. The number of aliphatic carboxylic acids is 1. The van der Waals surface area contributed by atoms with Gasteiger partial charge in [-0.1, -0.05) is 60.7 Å². The Morgan fingerprint density at radius 2 is 1.50 bits per heavy atom. The van der Waals surface area contributed by atoms with Gasteiger partial charge in [-0.25, -0.2) is 0 Å². The number of carbonyl (C=O) groups excluding carboxylic acids is 1. The van der Waals surface area contributed by atoms with E-state index in [4.69, 9.17) is 0 Å². The molecule has 0 aromatic heterocycles. The molecule has 3 unspecified atom stereocenters. The van der Waals surface area contributed by atoms with Crippen LogP contribution in [0.1, 0.15) is 29.5 Å². The Hall–Kier alpha value is -1.39. The quantitative estimate of drug-likeness (QED) is 0.817. The second-order valence-electron chi connectivity index (χ2n) is 5.55. The second-order valence-corrected chi connectivity index (χ2v) is 5.55. The van der Waals surface area contributed by atoms with Crippen LogP contribution in [-0.2, 0) is 27.2 Å². The van der Waals surface area contributed by atoms with Crippen molar-refractivity contribution in [3.8, 4) is 0 Å². The Labute approximate surface area is 146 Å². The van der Waals surface area contributed by atoms with E-state index in [1.54, 1.807) is 0 Å². The Morgan fingerprint density at radius 1 is 0.955 bits per heavy atom. The average molecular weight is 388 g/mol. The van der Waals surface area contributed by atoms with E-state index in [0.29, 0.717) is 6.54 Å². The molecule has 22 heavy (non-hydrogen) atoms. The third kappa shape index (κ3) is 3.68. The van der Waals surface area contributed by atoms with Gasteiger partial charge in [-0.3, -0.25) is 0 Å². The molecule has 1 heterocycles. The van der Waals surface area contributed by atoms with E-state index in [9.17, 15) is 9.90 Å². The summed E-state index contributed by atoms with van der Waals surface area (Å²) in [4.78, 5) is 11.4. The van der Waals surface area contributed by atoms with Crippen molar-refractivity contribution in [3.05, 3.63) is 71.8 Å². The number of piperidine rings is 1. The minimum atomic E-state index is -0.970. The Morgan fingerprint density at radius 3 is 2.05 bits per heavy atom. The third-order valence-corrected chi connectivity index (χ3v) is 4.29. The van der Waals surface area contributed by atoms with E-state index in [1.807, 2.05) is 48.5 Å². The van der Waals surface area contributed by atoms with Gasteiger partial charge in [-0.2, -0.15) is 0 Å². The van der Waals surface area contributed by atoms with Crippen LogP contribution in [0.2, 0.25) is 0 Å². The monoisotopic (exact) mass is 387 g/mol. The molecule has 3 nitrogen and oxygen atoms in total. The molecule has 1 N–H and O–H groups in total. The largest absolute Gasteiger partial charge is 0.550 e. The van der Waals surface area contributed by atoms with Crippen molar-refractivity contribution >= 4 is 5.97 Å². The summed E-state index contributed by atoms with van der Waals surface area (Å²) in [5.41, 5.74) is 2.28. The molecule has 1 saturated heterocycles. The SMILES string of the molecule is O=C([O-])C1CNC(c2ccccc2)CC1c1ccccc1.[Ag]. The van der Waals surface area contributed by atoms with Crippen molar-refractivity contribution in [2.45, 2.75) is 18.4 Å². The first-order valence-electron chi connectivity index (χ1n) is 7.30. The van der Waals surface area contributed by atoms with Gasteiger partial charge < -0.3 is 15.2 Å². The molecule has 1 aliphatic heterocycles. The first-order chi connectivity index (χ1) is 10.3. The molecule has 0 amide bonds. The predicted molar refractivity (Wildman–Crippen MR) is 79.5 cm³/mol. The number of hydrogen-bond donors (Lipinski definition) is 1. The van der Waals surface area contributed by atoms with Crippen molar-refractivity contribution in [3.63, 3.8) is 0 Å². The number of carboxylic acids is 1. The van der Waals surface area contributed by atoms with Gasteiger partial charge in [0.05, 0.1) is 0 Å². The molecule has 0 bridgehead atoms. The second kappa shape index (κ2) is 7.75. The molecule has 0 aliphatic carbocycles. The van der Waals surface area contributed by atoms with Crippen LogP contribution < -0.4 is 10.4 Å². The molecule has 2 aromatic carbocycles. The van der Waals surface area contributed by atoms with Crippen LogP contribution in [0.15, 0.2) is 60.7 Å². The fraction of sp³-hybridized carbons (Fsp3) is 0.278. The van der Waals surface area contributed by atoms with Crippen LogP contribution in [0.25, 0.3) is 0 Å². The zero-order valence-electron chi connectivity index (χ0n) is 12.0. The van der Waals surface area contributed by atoms with Crippen LogP contribution in [0.3, 0.4) is 0 Å². The number of benzene rings is 2. The van der Waals surface area contributed by atoms with Crippen LogP contribution in [0.5, 0.6) is 0 Å². The summed E-state index contributed by atoms with van der Waals surface area (Å²) < 4.78 is 0. The van der Waals surface area contributed by atoms with E-state index in [-0.39, 0.29) is 34.3 Å². The van der Waals surface area contributed by atoms with Gasteiger partial charge in [0, 0.05) is 46.9 Å². The van der Waals surface area contributed by atoms with Crippen LogP contribution in [-0.4, -0.2) is 12.5 Å². The smallest absolute Gasteiger partial charge is 0.0464 e. The molecule has 3 atom stereocenters. The summed E-state index contributed by atoms with van der Waals surface area (Å²) >= 11 is 0. The molecule has 0 saturated carbocycles. The van der Waals surface area contributed by atoms with Crippen molar-refractivity contribution in [1.29, 1.82) is 0 Å². The van der Waals surface area contributed by atoms with Gasteiger partial charge in [-0.05, 0) is 23.5 Å². The van der Waals surface area contributed by atoms with E-state index in [2.05, 4.69) is 17.4 Å². The van der Waals surface area contributed by atoms with Gasteiger partial charge in [0.25, 0.3) is 0 Å². The van der Waals surface area contributed by atoms with Crippen molar-refractivity contribution in [2.75, 3.05) is 6.54 Å². The van der Waals surface area contributed by atoms with Gasteiger partial charge in [0.2, 0.25) is 0 Å². The molecule has 4 heteroatoms. The van der Waals surface area contributed by atoms with Gasteiger partial charge in [-0.15, -0.1) is 0 Å². The first-order valence-corrected chi connectivity index (χ1v) is 7.30. The molecule has 2 aromatic rings. The average Bonchev–Trinajstić information content (AvgIpc) is 2.56. The molecule has 3 rings (SSSR count). The van der Waals surface area contributed by atoms with Crippen molar-refractivity contribution in [2.24, 2.45) is 5.92 Å². The van der Waals surface area contributed by atoms with Gasteiger partial charge >= 0.3 is 0 Å². The molecule has 1 radical (unpaired) electrons. The summed E-state index contributed by atoms with van der Waals surface area (Å²) in [6.07, 6.45) is 0.771. The molecular formula is C18H18AgNO2-. The Balaban J connectivity index is 0.00000176. The summed E-state index contributed by atoms with van der Waals surface area (Å²) in [6.45, 7) is 0.446. The topological polar surface area (TPSA) is 52.2 Å². The van der Waals surface area contributed by atoms with E-state index in [0.717, 1.165) is 12.0 Å². The first kappa shape index (κ1) is 17.0. The van der Waals surface area contributed by atoms with Crippen LogP contribution in [0, 0.1) is 5.92 Å². The van der Waals surface area contributed by atoms with E-state index in [1.165, 1.54) is 5.56 Å². The standard InChI is InChI=1S/C18H19NO2.Ag/c20-18(21)16-12-19-17(14-9-5-2-6-10-14)11-15(16)13-7-3-1-4-8-13;/h1-10,15-17,19H,11-12H2,(H,20,21);/p-1. The number of carbonyl (C=O) groups is 1. The minimum Gasteiger partial charge on any atom is -0.550 e. The number of rotatable bonds is 3. The molecule has 0 spiro atoms. The molecule has 1 fully saturated rings.